The van der Waals surface area contributed by atoms with Gasteiger partial charge in [0.05, 0.1) is 21.1 Å². The first-order valence-electron chi connectivity index (χ1n) is 5.87. The first-order valence-corrected chi connectivity index (χ1v) is 6.63. The van der Waals surface area contributed by atoms with Crippen molar-refractivity contribution in [1.29, 1.82) is 0 Å². The molecule has 0 unspecified atom stereocenters. The third-order valence-corrected chi connectivity index (χ3v) is 4.27. The SMILES string of the molecule is Cc1c(C)c(Cl)c2nc3c(Cl)cccc3cc2c1O. The van der Waals surface area contributed by atoms with Crippen LogP contribution in [0.3, 0.4) is 0 Å². The second-order valence-electron chi connectivity index (χ2n) is 4.61. The lowest BCUT2D eigenvalue weighted by molar-refractivity contribution is 0.477. The molecule has 3 aromatic rings. The molecule has 1 N–H and O–H groups in total. The Morgan fingerprint density at radius 2 is 1.79 bits per heavy atom. The summed E-state index contributed by atoms with van der Waals surface area (Å²) in [6, 6.07) is 7.43. The van der Waals surface area contributed by atoms with Crippen LogP contribution in [0.25, 0.3) is 21.8 Å². The van der Waals surface area contributed by atoms with E-state index in [0.717, 1.165) is 16.5 Å². The molecular weight excluding hydrogens is 281 g/mol. The van der Waals surface area contributed by atoms with E-state index >= 15 is 0 Å². The van der Waals surface area contributed by atoms with Crippen LogP contribution in [0.15, 0.2) is 24.3 Å². The fourth-order valence-corrected chi connectivity index (χ4v) is 2.74. The van der Waals surface area contributed by atoms with E-state index in [0.29, 0.717) is 26.5 Å². The highest BCUT2D eigenvalue weighted by molar-refractivity contribution is 6.37. The van der Waals surface area contributed by atoms with Crippen molar-refractivity contribution in [2.75, 3.05) is 0 Å². The van der Waals surface area contributed by atoms with Crippen molar-refractivity contribution in [2.24, 2.45) is 0 Å². The van der Waals surface area contributed by atoms with Crippen LogP contribution in [-0.4, -0.2) is 10.1 Å². The van der Waals surface area contributed by atoms with Gasteiger partial charge in [0.2, 0.25) is 0 Å². The van der Waals surface area contributed by atoms with Crippen molar-refractivity contribution in [3.63, 3.8) is 0 Å². The van der Waals surface area contributed by atoms with Gasteiger partial charge in [0.25, 0.3) is 0 Å². The number of phenolic OH excluding ortho intramolecular Hbond substituents is 1. The van der Waals surface area contributed by atoms with E-state index in [1.54, 1.807) is 6.07 Å². The number of para-hydroxylation sites is 1. The maximum absolute atomic E-state index is 10.3. The molecule has 0 aliphatic heterocycles. The summed E-state index contributed by atoms with van der Waals surface area (Å²) in [6.07, 6.45) is 0. The Morgan fingerprint density at radius 3 is 2.53 bits per heavy atom. The predicted octanol–water partition coefficient (Wildman–Crippen LogP) is 5.02. The molecule has 0 radical (unpaired) electrons. The Kier molecular flexibility index (Phi) is 2.80. The molecule has 0 atom stereocenters. The minimum Gasteiger partial charge on any atom is -0.507 e. The lowest BCUT2D eigenvalue weighted by Gasteiger charge is -2.12. The minimum atomic E-state index is 0.228. The number of aromatic hydroxyl groups is 1. The second kappa shape index (κ2) is 4.26. The van der Waals surface area contributed by atoms with Gasteiger partial charge in [-0.15, -0.1) is 0 Å². The molecular formula is C15H11Cl2NO. The Hall–Kier alpha value is -1.51. The van der Waals surface area contributed by atoms with Gasteiger partial charge in [-0.05, 0) is 37.1 Å². The van der Waals surface area contributed by atoms with E-state index in [-0.39, 0.29) is 5.75 Å². The van der Waals surface area contributed by atoms with Gasteiger partial charge in [0.15, 0.2) is 0 Å². The Labute approximate surface area is 120 Å². The topological polar surface area (TPSA) is 33.1 Å². The van der Waals surface area contributed by atoms with Crippen LogP contribution in [0.4, 0.5) is 0 Å². The molecule has 1 aromatic heterocycles. The number of benzene rings is 2. The van der Waals surface area contributed by atoms with Crippen LogP contribution in [0.5, 0.6) is 5.75 Å². The Morgan fingerprint density at radius 1 is 1.05 bits per heavy atom. The number of phenols is 1. The van der Waals surface area contributed by atoms with Crippen LogP contribution in [0, 0.1) is 13.8 Å². The van der Waals surface area contributed by atoms with Gasteiger partial charge in [-0.1, -0.05) is 35.3 Å². The van der Waals surface area contributed by atoms with E-state index in [4.69, 9.17) is 23.2 Å². The molecule has 0 saturated carbocycles. The van der Waals surface area contributed by atoms with Crippen LogP contribution in [0.2, 0.25) is 10.0 Å². The summed E-state index contributed by atoms with van der Waals surface area (Å²) >= 11 is 12.5. The molecule has 0 bridgehead atoms. The lowest BCUT2D eigenvalue weighted by atomic mass is 10.0. The highest BCUT2D eigenvalue weighted by Crippen LogP contribution is 2.38. The number of halogens is 2. The quantitative estimate of drug-likeness (QED) is 0.590. The van der Waals surface area contributed by atoms with E-state index in [1.807, 2.05) is 32.0 Å². The van der Waals surface area contributed by atoms with E-state index in [9.17, 15) is 5.11 Å². The third-order valence-electron chi connectivity index (χ3n) is 3.51. The van der Waals surface area contributed by atoms with Gasteiger partial charge in [-0.2, -0.15) is 0 Å². The summed E-state index contributed by atoms with van der Waals surface area (Å²) < 4.78 is 0. The van der Waals surface area contributed by atoms with Crippen molar-refractivity contribution in [2.45, 2.75) is 13.8 Å². The van der Waals surface area contributed by atoms with E-state index in [2.05, 4.69) is 4.98 Å². The summed E-state index contributed by atoms with van der Waals surface area (Å²) in [5.74, 6) is 0.228. The molecule has 4 heteroatoms. The smallest absolute Gasteiger partial charge is 0.128 e. The first-order chi connectivity index (χ1) is 9.00. The summed E-state index contributed by atoms with van der Waals surface area (Å²) in [5.41, 5.74) is 2.90. The standard InChI is InChI=1S/C15H11Cl2NO/c1-7-8(2)15(19)10-6-9-4-3-5-11(16)13(9)18-14(10)12(7)17/h3-6,19H,1-2H3. The molecule has 1 heterocycles. The largest absolute Gasteiger partial charge is 0.507 e. The van der Waals surface area contributed by atoms with Crippen LogP contribution in [-0.2, 0) is 0 Å². The molecule has 19 heavy (non-hydrogen) atoms. The first kappa shape index (κ1) is 12.5. The van der Waals surface area contributed by atoms with Crippen LogP contribution in [0.1, 0.15) is 11.1 Å². The number of pyridine rings is 1. The lowest BCUT2D eigenvalue weighted by Crippen LogP contribution is -1.91. The maximum Gasteiger partial charge on any atom is 0.128 e. The second-order valence-corrected chi connectivity index (χ2v) is 5.39. The number of hydrogen-bond donors (Lipinski definition) is 1. The summed E-state index contributed by atoms with van der Waals surface area (Å²) in [6.45, 7) is 3.72. The van der Waals surface area contributed by atoms with Crippen LogP contribution < -0.4 is 0 Å². The molecule has 3 rings (SSSR count). The molecule has 0 aliphatic rings. The highest BCUT2D eigenvalue weighted by atomic mass is 35.5. The van der Waals surface area contributed by atoms with Crippen molar-refractivity contribution < 1.29 is 5.11 Å². The number of hydrogen-bond acceptors (Lipinski definition) is 2. The van der Waals surface area contributed by atoms with E-state index in [1.165, 1.54) is 0 Å². The van der Waals surface area contributed by atoms with Crippen molar-refractivity contribution in [1.82, 2.24) is 4.98 Å². The average molecular weight is 292 g/mol. The zero-order chi connectivity index (χ0) is 13.7. The molecule has 2 nitrogen and oxygen atoms in total. The van der Waals surface area contributed by atoms with Crippen molar-refractivity contribution in [3.05, 3.63) is 45.4 Å². The van der Waals surface area contributed by atoms with Gasteiger partial charge >= 0.3 is 0 Å². The fourth-order valence-electron chi connectivity index (χ4n) is 2.23. The van der Waals surface area contributed by atoms with Crippen LogP contribution >= 0.6 is 23.2 Å². The fraction of sp³-hybridized carbons (Fsp3) is 0.133. The molecule has 0 amide bonds. The maximum atomic E-state index is 10.3. The van der Waals surface area contributed by atoms with Gasteiger partial charge in [0.1, 0.15) is 5.75 Å². The Balaban J connectivity index is 2.59. The predicted molar refractivity (Wildman–Crippen MR) is 80.4 cm³/mol. The number of nitrogens with zero attached hydrogens (tertiary/aromatic N) is 1. The zero-order valence-corrected chi connectivity index (χ0v) is 12.0. The molecule has 2 aromatic carbocycles. The van der Waals surface area contributed by atoms with Gasteiger partial charge in [-0.25, -0.2) is 4.98 Å². The monoisotopic (exact) mass is 291 g/mol. The number of rotatable bonds is 0. The van der Waals surface area contributed by atoms with Gasteiger partial charge in [-0.3, -0.25) is 0 Å². The van der Waals surface area contributed by atoms with E-state index < -0.39 is 0 Å². The zero-order valence-electron chi connectivity index (χ0n) is 10.5. The molecule has 0 aliphatic carbocycles. The van der Waals surface area contributed by atoms with Crippen molar-refractivity contribution >= 4 is 45.0 Å². The third kappa shape index (κ3) is 1.75. The minimum absolute atomic E-state index is 0.228. The Bertz CT molecular complexity index is 828. The molecule has 0 spiro atoms. The average Bonchev–Trinajstić information content (AvgIpc) is 2.42. The summed E-state index contributed by atoms with van der Waals surface area (Å²) in [4.78, 5) is 4.52. The number of aromatic nitrogens is 1. The normalized spacial score (nSPS) is 11.4. The van der Waals surface area contributed by atoms with Gasteiger partial charge < -0.3 is 5.11 Å². The summed E-state index contributed by atoms with van der Waals surface area (Å²) in [7, 11) is 0. The summed E-state index contributed by atoms with van der Waals surface area (Å²) in [5, 5.41) is 12.9. The highest BCUT2D eigenvalue weighted by Gasteiger charge is 2.15. The number of fused-ring (bicyclic) bond motifs is 2. The van der Waals surface area contributed by atoms with Crippen molar-refractivity contribution in [3.8, 4) is 5.75 Å². The molecule has 96 valence electrons. The van der Waals surface area contributed by atoms with Gasteiger partial charge in [0, 0.05) is 10.8 Å². The molecule has 0 saturated heterocycles. The molecule has 0 fully saturated rings.